The van der Waals surface area contributed by atoms with Crippen molar-refractivity contribution in [1.29, 1.82) is 0 Å². The van der Waals surface area contributed by atoms with Gasteiger partial charge in [-0.25, -0.2) is 0 Å². The lowest BCUT2D eigenvalue weighted by molar-refractivity contribution is -0.870. The SMILES string of the molecule is CC/C=C\C/C=C\C/C=C\C/C=C\C/C=C\C/C=C\C/C=C\CCCCCCCCCC(=O)NC(COP(=O)([O-])OCC[N+](C)(C)C)C(O)/C=C/CC/C=C/CC/C=C/CC. The van der Waals surface area contributed by atoms with Crippen LogP contribution in [0.15, 0.2) is 122 Å². The number of allylic oxidation sites excluding steroid dienone is 19. The van der Waals surface area contributed by atoms with Crippen LogP contribution in [0.2, 0.25) is 0 Å². The van der Waals surface area contributed by atoms with Gasteiger partial charge in [-0.3, -0.25) is 9.36 Å². The fourth-order valence-electron chi connectivity index (χ4n) is 5.76. The Bertz CT molecular complexity index is 1400. The molecule has 2 N–H and O–H groups in total. The Morgan fingerprint density at radius 3 is 1.46 bits per heavy atom. The summed E-state index contributed by atoms with van der Waals surface area (Å²) in [7, 11) is 1.20. The molecule has 0 aromatic heterocycles. The second-order valence-corrected chi connectivity index (χ2v) is 17.7. The van der Waals surface area contributed by atoms with Crippen LogP contribution in [0.1, 0.15) is 149 Å². The zero-order valence-corrected chi connectivity index (χ0v) is 39.9. The maximum Gasteiger partial charge on any atom is 0.268 e. The van der Waals surface area contributed by atoms with E-state index in [2.05, 4.69) is 129 Å². The van der Waals surface area contributed by atoms with Crippen LogP contribution in [-0.4, -0.2) is 68.5 Å². The van der Waals surface area contributed by atoms with Gasteiger partial charge in [-0.05, 0) is 96.3 Å². The maximum atomic E-state index is 12.8. The van der Waals surface area contributed by atoms with Gasteiger partial charge in [-0.15, -0.1) is 0 Å². The second kappa shape index (κ2) is 42.2. The summed E-state index contributed by atoms with van der Waals surface area (Å²) in [4.78, 5) is 25.3. The standard InChI is InChI=1S/C52H87N2O6P/c1-6-8-10-12-14-16-18-19-20-21-22-23-24-25-26-27-28-29-30-31-32-33-34-35-36-38-40-42-44-46-52(56)53-50(49-60-61(57,58)59-48-47-54(3,4)5)51(55)45-43-41-39-37-17-15-13-11-9-7-2/h8-11,14,16-17,19-20,22-23,25-26,28-29,31-32,37,43,45,50-51,55H,6-7,12-13,15,18,21,24,27,30,33-36,38-42,44,46-49H2,1-5H3,(H-,53,56,57,58)/b10-8-,11-9+,16-14-,20-19-,23-22-,26-25-,29-28-,32-31-,37-17+,45-43+. The summed E-state index contributed by atoms with van der Waals surface area (Å²) in [6.45, 7) is 4.33. The number of hydrogen-bond acceptors (Lipinski definition) is 6. The molecule has 0 aliphatic carbocycles. The number of amides is 1. The molecule has 0 saturated carbocycles. The molecular formula is C52H87N2O6P. The third-order valence-corrected chi connectivity index (χ3v) is 10.4. The molecule has 0 aliphatic rings. The number of likely N-dealkylation sites (N-methyl/N-ethyl adjacent to an activating group) is 1. The Labute approximate surface area is 374 Å². The number of aliphatic hydroxyl groups is 1. The van der Waals surface area contributed by atoms with Gasteiger partial charge in [0, 0.05) is 6.42 Å². The van der Waals surface area contributed by atoms with Gasteiger partial charge < -0.3 is 28.8 Å². The molecule has 3 atom stereocenters. The summed E-state index contributed by atoms with van der Waals surface area (Å²) in [6, 6.07) is -0.923. The van der Waals surface area contributed by atoms with Crippen LogP contribution in [0.3, 0.4) is 0 Å². The molecule has 0 aliphatic heterocycles. The zero-order valence-electron chi connectivity index (χ0n) is 39.1. The van der Waals surface area contributed by atoms with Crippen molar-refractivity contribution in [3.05, 3.63) is 122 Å². The summed E-state index contributed by atoms with van der Waals surface area (Å²) in [5.74, 6) is -0.233. The van der Waals surface area contributed by atoms with E-state index in [9.17, 15) is 19.4 Å². The number of aliphatic hydroxyl groups excluding tert-OH is 1. The molecule has 0 fully saturated rings. The number of phosphoric ester groups is 1. The van der Waals surface area contributed by atoms with Crippen LogP contribution < -0.4 is 10.2 Å². The first kappa shape index (κ1) is 57.9. The summed E-state index contributed by atoms with van der Waals surface area (Å²) in [5.41, 5.74) is 0. The molecule has 0 spiro atoms. The molecule has 61 heavy (non-hydrogen) atoms. The number of rotatable bonds is 40. The highest BCUT2D eigenvalue weighted by molar-refractivity contribution is 7.45. The minimum absolute atomic E-state index is 0.0189. The topological polar surface area (TPSA) is 108 Å². The van der Waals surface area contributed by atoms with Gasteiger partial charge in [0.2, 0.25) is 5.91 Å². The normalized spacial score (nSPS) is 15.3. The largest absolute Gasteiger partial charge is 0.756 e. The lowest BCUT2D eigenvalue weighted by Crippen LogP contribution is -2.45. The van der Waals surface area contributed by atoms with E-state index < -0.39 is 26.6 Å². The zero-order chi connectivity index (χ0) is 45.0. The van der Waals surface area contributed by atoms with Crippen LogP contribution in [-0.2, 0) is 18.4 Å². The molecule has 0 heterocycles. The fraction of sp³-hybridized carbons (Fsp3) is 0.596. The predicted octanol–water partition coefficient (Wildman–Crippen LogP) is 12.8. The van der Waals surface area contributed by atoms with Crippen LogP contribution in [0, 0.1) is 0 Å². The number of phosphoric acid groups is 1. The Morgan fingerprint density at radius 1 is 0.574 bits per heavy atom. The van der Waals surface area contributed by atoms with Crippen molar-refractivity contribution in [1.82, 2.24) is 5.32 Å². The fourth-order valence-corrected chi connectivity index (χ4v) is 6.48. The van der Waals surface area contributed by atoms with Crippen molar-refractivity contribution in [3.8, 4) is 0 Å². The Hall–Kier alpha value is -3.10. The number of quaternary nitrogens is 1. The quantitative estimate of drug-likeness (QED) is 0.0275. The third-order valence-electron chi connectivity index (χ3n) is 9.39. The van der Waals surface area contributed by atoms with Gasteiger partial charge >= 0.3 is 0 Å². The van der Waals surface area contributed by atoms with Crippen molar-refractivity contribution >= 4 is 13.7 Å². The lowest BCUT2D eigenvalue weighted by atomic mass is 10.1. The average molecular weight is 867 g/mol. The van der Waals surface area contributed by atoms with Crippen LogP contribution >= 0.6 is 7.82 Å². The van der Waals surface area contributed by atoms with E-state index in [4.69, 9.17) is 9.05 Å². The summed E-state index contributed by atoms with van der Waals surface area (Å²) < 4.78 is 23.1. The van der Waals surface area contributed by atoms with Gasteiger partial charge in [0.1, 0.15) is 13.2 Å². The molecule has 8 nitrogen and oxygen atoms in total. The summed E-state index contributed by atoms with van der Waals surface area (Å²) in [5, 5.41) is 13.7. The van der Waals surface area contributed by atoms with Crippen LogP contribution in [0.25, 0.3) is 0 Å². The van der Waals surface area contributed by atoms with E-state index in [1.54, 1.807) is 6.08 Å². The first-order valence-corrected chi connectivity index (χ1v) is 24.9. The highest BCUT2D eigenvalue weighted by atomic mass is 31.2. The Balaban J connectivity index is 4.28. The summed E-state index contributed by atoms with van der Waals surface area (Å²) >= 11 is 0. The highest BCUT2D eigenvalue weighted by Crippen LogP contribution is 2.38. The third kappa shape index (κ3) is 44.8. The highest BCUT2D eigenvalue weighted by Gasteiger charge is 2.23. The number of carbonyl (C=O) groups is 1. The van der Waals surface area contributed by atoms with Gasteiger partial charge in [-0.2, -0.15) is 0 Å². The molecule has 0 saturated heterocycles. The van der Waals surface area contributed by atoms with Gasteiger partial charge in [0.25, 0.3) is 7.82 Å². The molecule has 0 radical (unpaired) electrons. The van der Waals surface area contributed by atoms with Crippen LogP contribution in [0.4, 0.5) is 0 Å². The number of nitrogens with one attached hydrogen (secondary N) is 1. The Morgan fingerprint density at radius 2 is 0.967 bits per heavy atom. The van der Waals surface area contributed by atoms with E-state index in [0.29, 0.717) is 17.4 Å². The minimum Gasteiger partial charge on any atom is -0.756 e. The monoisotopic (exact) mass is 867 g/mol. The molecule has 346 valence electrons. The molecule has 1 amide bonds. The van der Waals surface area contributed by atoms with Crippen molar-refractivity contribution in [2.75, 3.05) is 40.9 Å². The second-order valence-electron chi connectivity index (χ2n) is 16.3. The minimum atomic E-state index is -4.61. The van der Waals surface area contributed by atoms with E-state index in [1.165, 1.54) is 19.3 Å². The van der Waals surface area contributed by atoms with Crippen LogP contribution in [0.5, 0.6) is 0 Å². The molecular weight excluding hydrogens is 780 g/mol. The first-order valence-electron chi connectivity index (χ1n) is 23.4. The number of nitrogens with zero attached hydrogens (tertiary/aromatic N) is 1. The van der Waals surface area contributed by atoms with Crippen molar-refractivity contribution in [3.63, 3.8) is 0 Å². The molecule has 9 heteroatoms. The van der Waals surface area contributed by atoms with Crippen molar-refractivity contribution in [2.24, 2.45) is 0 Å². The lowest BCUT2D eigenvalue weighted by Gasteiger charge is -2.29. The Kier molecular flexibility index (Phi) is 40.1. The van der Waals surface area contributed by atoms with Gasteiger partial charge in [0.15, 0.2) is 0 Å². The molecule has 0 bridgehead atoms. The van der Waals surface area contributed by atoms with Crippen molar-refractivity contribution in [2.45, 2.75) is 161 Å². The van der Waals surface area contributed by atoms with Gasteiger partial charge in [-0.1, -0.05) is 167 Å². The van der Waals surface area contributed by atoms with E-state index >= 15 is 0 Å². The molecule has 0 aromatic rings. The maximum absolute atomic E-state index is 12.8. The molecule has 0 aromatic carbocycles. The predicted molar refractivity (Wildman–Crippen MR) is 260 cm³/mol. The van der Waals surface area contributed by atoms with Gasteiger partial charge in [0.05, 0.1) is 39.9 Å². The van der Waals surface area contributed by atoms with E-state index in [0.717, 1.165) is 109 Å². The molecule has 0 rings (SSSR count). The average Bonchev–Trinajstić information content (AvgIpc) is 3.21. The number of hydrogen-bond donors (Lipinski definition) is 2. The molecule has 3 unspecified atom stereocenters. The first-order chi connectivity index (χ1) is 29.5. The number of unbranched alkanes of at least 4 members (excludes halogenated alkanes) is 9. The number of carbonyl (C=O) groups excluding carboxylic acids is 1. The summed E-state index contributed by atoms with van der Waals surface area (Å²) in [6.07, 6.45) is 62.7. The smallest absolute Gasteiger partial charge is 0.268 e. The van der Waals surface area contributed by atoms with Crippen molar-refractivity contribution < 1.29 is 32.9 Å². The van der Waals surface area contributed by atoms with E-state index in [-0.39, 0.29) is 12.5 Å². The van der Waals surface area contributed by atoms with E-state index in [1.807, 2.05) is 27.2 Å².